The van der Waals surface area contributed by atoms with Gasteiger partial charge >= 0.3 is 0 Å². The van der Waals surface area contributed by atoms with E-state index in [0.29, 0.717) is 24.4 Å². The molecule has 2 saturated heterocycles. The fourth-order valence-electron chi connectivity index (χ4n) is 3.68. The van der Waals surface area contributed by atoms with E-state index in [1.165, 1.54) is 39.0 Å². The molecule has 21 heavy (non-hydrogen) atoms. The molecule has 122 valence electrons. The van der Waals surface area contributed by atoms with E-state index in [0.717, 1.165) is 19.0 Å². The maximum atomic E-state index is 11.7. The quantitative estimate of drug-likeness (QED) is 0.794. The average Bonchev–Trinajstić information content (AvgIpc) is 2.49. The van der Waals surface area contributed by atoms with E-state index in [1.54, 1.807) is 0 Å². The van der Waals surface area contributed by atoms with Crippen LogP contribution in [-0.4, -0.2) is 72.0 Å². The summed E-state index contributed by atoms with van der Waals surface area (Å²) >= 11 is 0. The van der Waals surface area contributed by atoms with Crippen molar-refractivity contribution < 1.29 is 4.79 Å². The van der Waals surface area contributed by atoms with Gasteiger partial charge in [0.05, 0.1) is 0 Å². The molecular formula is C17H33N3O. The lowest BCUT2D eigenvalue weighted by Crippen LogP contribution is -2.55. The van der Waals surface area contributed by atoms with E-state index in [9.17, 15) is 4.79 Å². The number of amides is 1. The van der Waals surface area contributed by atoms with Crippen LogP contribution < -0.4 is 0 Å². The first kappa shape index (κ1) is 16.8. The Bertz CT molecular complexity index is 337. The van der Waals surface area contributed by atoms with Gasteiger partial charge in [0, 0.05) is 57.8 Å². The van der Waals surface area contributed by atoms with Crippen molar-refractivity contribution in [1.82, 2.24) is 14.7 Å². The maximum absolute atomic E-state index is 11.7. The lowest BCUT2D eigenvalue weighted by Gasteiger charge is -2.44. The van der Waals surface area contributed by atoms with Crippen LogP contribution in [0.3, 0.4) is 0 Å². The number of hydrogen-bond acceptors (Lipinski definition) is 3. The second-order valence-corrected chi connectivity index (χ2v) is 7.11. The van der Waals surface area contributed by atoms with Crippen LogP contribution in [0.5, 0.6) is 0 Å². The zero-order valence-electron chi connectivity index (χ0n) is 14.3. The van der Waals surface area contributed by atoms with Crippen molar-refractivity contribution in [2.75, 3.05) is 39.3 Å². The highest BCUT2D eigenvalue weighted by atomic mass is 16.2. The first-order chi connectivity index (χ1) is 10.0. The summed E-state index contributed by atoms with van der Waals surface area (Å²) in [6.07, 6.45) is 3.02. The van der Waals surface area contributed by atoms with Gasteiger partial charge < -0.3 is 4.90 Å². The molecular weight excluding hydrogens is 262 g/mol. The molecule has 2 fully saturated rings. The first-order valence-electron chi connectivity index (χ1n) is 8.77. The monoisotopic (exact) mass is 295 g/mol. The van der Waals surface area contributed by atoms with Gasteiger partial charge in [0.2, 0.25) is 5.91 Å². The molecule has 1 unspecified atom stereocenters. The molecule has 2 heterocycles. The van der Waals surface area contributed by atoms with Crippen LogP contribution >= 0.6 is 0 Å². The highest BCUT2D eigenvalue weighted by Crippen LogP contribution is 2.21. The Hall–Kier alpha value is -0.610. The predicted molar refractivity (Wildman–Crippen MR) is 87.3 cm³/mol. The summed E-state index contributed by atoms with van der Waals surface area (Å²) in [7, 11) is 0. The Morgan fingerprint density at radius 1 is 1.14 bits per heavy atom. The number of nitrogens with zero attached hydrogens (tertiary/aromatic N) is 3. The molecule has 0 radical (unpaired) electrons. The van der Waals surface area contributed by atoms with E-state index in [4.69, 9.17) is 0 Å². The molecule has 4 nitrogen and oxygen atoms in total. The molecule has 0 saturated carbocycles. The zero-order chi connectivity index (χ0) is 15.4. The van der Waals surface area contributed by atoms with E-state index in [1.807, 2.05) is 6.92 Å². The number of hydrogen-bond donors (Lipinski definition) is 0. The lowest BCUT2D eigenvalue weighted by molar-refractivity contribution is -0.132. The first-order valence-corrected chi connectivity index (χ1v) is 8.77. The molecule has 0 aliphatic carbocycles. The number of piperazine rings is 1. The Balaban J connectivity index is 1.75. The molecule has 0 aromatic rings. The van der Waals surface area contributed by atoms with Crippen molar-refractivity contribution in [2.45, 2.75) is 59.0 Å². The van der Waals surface area contributed by atoms with Gasteiger partial charge in [-0.15, -0.1) is 0 Å². The van der Waals surface area contributed by atoms with E-state index < -0.39 is 0 Å². The number of likely N-dealkylation sites (tertiary alicyclic amines) is 1. The second-order valence-electron chi connectivity index (χ2n) is 7.11. The third-order valence-electron chi connectivity index (χ3n) is 5.29. The molecule has 2 rings (SSSR count). The number of piperidine rings is 1. The number of carbonyl (C=O) groups is 1. The van der Waals surface area contributed by atoms with Crippen molar-refractivity contribution in [3.8, 4) is 0 Å². The normalized spacial score (nSPS) is 26.5. The average molecular weight is 295 g/mol. The summed E-state index contributed by atoms with van der Waals surface area (Å²) in [5.74, 6) is 1.10. The van der Waals surface area contributed by atoms with Gasteiger partial charge in [-0.2, -0.15) is 0 Å². The summed E-state index contributed by atoms with van der Waals surface area (Å²) in [4.78, 5) is 19.0. The van der Waals surface area contributed by atoms with E-state index in [-0.39, 0.29) is 0 Å². The van der Waals surface area contributed by atoms with Crippen molar-refractivity contribution in [2.24, 2.45) is 5.92 Å². The standard InChI is InChI=1S/C17H33N3O/c1-5-17(21)18-8-6-16(7-9-18)13-20-11-10-19(14(2)3)12-15(20)4/h14-16H,5-13H2,1-4H3. The molecule has 2 aliphatic heterocycles. The van der Waals surface area contributed by atoms with Gasteiger partial charge in [-0.25, -0.2) is 0 Å². The van der Waals surface area contributed by atoms with Crippen LogP contribution in [0.1, 0.15) is 47.0 Å². The third-order valence-corrected chi connectivity index (χ3v) is 5.29. The van der Waals surface area contributed by atoms with Gasteiger partial charge in [0.25, 0.3) is 0 Å². The SMILES string of the molecule is CCC(=O)N1CCC(CN2CCN(C(C)C)CC2C)CC1. The Labute approximate surface area is 130 Å². The zero-order valence-corrected chi connectivity index (χ0v) is 14.3. The smallest absolute Gasteiger partial charge is 0.222 e. The fraction of sp³-hybridized carbons (Fsp3) is 0.941. The predicted octanol–water partition coefficient (Wildman–Crippen LogP) is 2.05. The highest BCUT2D eigenvalue weighted by molar-refractivity contribution is 5.75. The Kier molecular flexibility index (Phi) is 6.06. The molecule has 0 aromatic heterocycles. The highest BCUT2D eigenvalue weighted by Gasteiger charge is 2.29. The summed E-state index contributed by atoms with van der Waals surface area (Å²) in [5, 5.41) is 0. The van der Waals surface area contributed by atoms with Gasteiger partial charge in [-0.1, -0.05) is 6.92 Å². The van der Waals surface area contributed by atoms with Gasteiger partial charge in [-0.05, 0) is 39.5 Å². The van der Waals surface area contributed by atoms with Crippen LogP contribution in [0, 0.1) is 5.92 Å². The van der Waals surface area contributed by atoms with Crippen LogP contribution in [0.15, 0.2) is 0 Å². The molecule has 2 aliphatic rings. The lowest BCUT2D eigenvalue weighted by atomic mass is 9.95. The minimum absolute atomic E-state index is 0.326. The van der Waals surface area contributed by atoms with Crippen molar-refractivity contribution in [3.63, 3.8) is 0 Å². The fourth-order valence-corrected chi connectivity index (χ4v) is 3.68. The van der Waals surface area contributed by atoms with Crippen molar-refractivity contribution in [3.05, 3.63) is 0 Å². The molecule has 4 heteroatoms. The van der Waals surface area contributed by atoms with Crippen LogP contribution in [0.25, 0.3) is 0 Å². The van der Waals surface area contributed by atoms with E-state index in [2.05, 4.69) is 35.5 Å². The summed E-state index contributed by atoms with van der Waals surface area (Å²) < 4.78 is 0. The largest absolute Gasteiger partial charge is 0.343 e. The third kappa shape index (κ3) is 4.43. The Morgan fingerprint density at radius 2 is 1.81 bits per heavy atom. The molecule has 0 N–H and O–H groups in total. The van der Waals surface area contributed by atoms with Gasteiger partial charge in [-0.3, -0.25) is 14.6 Å². The summed E-state index contributed by atoms with van der Waals surface area (Å²) in [6, 6.07) is 1.33. The topological polar surface area (TPSA) is 26.8 Å². The number of carbonyl (C=O) groups excluding carboxylic acids is 1. The Morgan fingerprint density at radius 3 is 2.33 bits per heavy atom. The summed E-state index contributed by atoms with van der Waals surface area (Å²) in [6.45, 7) is 15.7. The molecule has 1 amide bonds. The maximum Gasteiger partial charge on any atom is 0.222 e. The van der Waals surface area contributed by atoms with Crippen LogP contribution in [0.4, 0.5) is 0 Å². The molecule has 0 aromatic carbocycles. The minimum Gasteiger partial charge on any atom is -0.343 e. The van der Waals surface area contributed by atoms with Crippen molar-refractivity contribution in [1.29, 1.82) is 0 Å². The molecule has 0 spiro atoms. The second kappa shape index (κ2) is 7.59. The van der Waals surface area contributed by atoms with Crippen LogP contribution in [0.2, 0.25) is 0 Å². The van der Waals surface area contributed by atoms with Gasteiger partial charge in [0.15, 0.2) is 0 Å². The minimum atomic E-state index is 0.326. The summed E-state index contributed by atoms with van der Waals surface area (Å²) in [5.41, 5.74) is 0. The van der Waals surface area contributed by atoms with Crippen molar-refractivity contribution >= 4 is 5.91 Å². The van der Waals surface area contributed by atoms with E-state index >= 15 is 0 Å². The molecule has 0 bridgehead atoms. The van der Waals surface area contributed by atoms with Crippen LogP contribution in [-0.2, 0) is 4.79 Å². The van der Waals surface area contributed by atoms with Gasteiger partial charge in [0.1, 0.15) is 0 Å². The number of rotatable bonds is 4. The molecule has 1 atom stereocenters.